The van der Waals surface area contributed by atoms with E-state index in [9.17, 15) is 4.79 Å². The van der Waals surface area contributed by atoms with E-state index >= 15 is 0 Å². The fourth-order valence-corrected chi connectivity index (χ4v) is 4.77. The van der Waals surface area contributed by atoms with E-state index in [1.807, 2.05) is 0 Å². The predicted octanol–water partition coefficient (Wildman–Crippen LogP) is 6.86. The summed E-state index contributed by atoms with van der Waals surface area (Å²) in [5.41, 5.74) is -1.10. The number of amides is 1. The summed E-state index contributed by atoms with van der Waals surface area (Å²) in [7, 11) is 1.80. The van der Waals surface area contributed by atoms with Gasteiger partial charge in [0.25, 0.3) is 0 Å². The lowest BCUT2D eigenvalue weighted by molar-refractivity contribution is -0.143. The first-order chi connectivity index (χ1) is 14.0. The van der Waals surface area contributed by atoms with Crippen LogP contribution in [0.5, 0.6) is 0 Å². The standard InChI is InChI=1S/C27H55NO3/c1-14-27(15-2,30-13)16-17-31-26(11,12)25(9,10)19-24(7,8)23(29)28-18-22(20(3)4)21(5)6/h20-22H,14-19H2,1-13H3,(H,28,29). The SMILES string of the molecule is CCC(CC)(CCOC(C)(C)C(C)(C)CC(C)(C)C(=O)NCC(C(C)C)C(C)C)OC. The Balaban J connectivity index is 5.09. The zero-order chi connectivity index (χ0) is 24.7. The van der Waals surface area contributed by atoms with Gasteiger partial charge in [-0.2, -0.15) is 0 Å². The summed E-state index contributed by atoms with van der Waals surface area (Å²) in [5, 5.41) is 3.25. The lowest BCUT2D eigenvalue weighted by Crippen LogP contribution is -2.49. The number of rotatable bonds is 15. The Bertz CT molecular complexity index is 514. The number of methoxy groups -OCH3 is 1. The lowest BCUT2D eigenvalue weighted by atomic mass is 9.66. The van der Waals surface area contributed by atoms with Crippen LogP contribution in [0.1, 0.15) is 109 Å². The molecule has 0 aliphatic carbocycles. The third kappa shape index (κ3) is 8.68. The van der Waals surface area contributed by atoms with Crippen LogP contribution in [-0.4, -0.2) is 37.4 Å². The van der Waals surface area contributed by atoms with Gasteiger partial charge in [-0.1, -0.05) is 69.2 Å². The maximum absolute atomic E-state index is 13.1. The molecule has 4 heteroatoms. The minimum absolute atomic E-state index is 0.108. The van der Waals surface area contributed by atoms with E-state index in [-0.39, 0.29) is 22.5 Å². The molecule has 0 spiro atoms. The topological polar surface area (TPSA) is 47.6 Å². The molecule has 0 unspecified atom stereocenters. The molecule has 0 heterocycles. The Morgan fingerprint density at radius 3 is 1.77 bits per heavy atom. The van der Waals surface area contributed by atoms with E-state index < -0.39 is 5.41 Å². The molecule has 0 saturated heterocycles. The van der Waals surface area contributed by atoms with Crippen molar-refractivity contribution in [3.63, 3.8) is 0 Å². The smallest absolute Gasteiger partial charge is 0.225 e. The normalized spacial score (nSPS) is 14.1. The number of nitrogens with one attached hydrogen (secondary N) is 1. The molecule has 0 bridgehead atoms. The molecule has 0 aliphatic heterocycles. The van der Waals surface area contributed by atoms with Crippen molar-refractivity contribution in [3.05, 3.63) is 0 Å². The van der Waals surface area contributed by atoms with E-state index in [2.05, 4.69) is 88.4 Å². The Labute approximate surface area is 194 Å². The summed E-state index contributed by atoms with van der Waals surface area (Å²) in [6, 6.07) is 0. The molecule has 186 valence electrons. The fraction of sp³-hybridized carbons (Fsp3) is 0.963. The van der Waals surface area contributed by atoms with Gasteiger partial charge < -0.3 is 14.8 Å². The molecule has 0 rings (SSSR count). The largest absolute Gasteiger partial charge is 0.378 e. The summed E-state index contributed by atoms with van der Waals surface area (Å²) < 4.78 is 12.2. The highest BCUT2D eigenvalue weighted by molar-refractivity contribution is 5.81. The molecule has 4 nitrogen and oxygen atoms in total. The monoisotopic (exact) mass is 441 g/mol. The van der Waals surface area contributed by atoms with Gasteiger partial charge in [0.05, 0.1) is 17.8 Å². The van der Waals surface area contributed by atoms with Crippen LogP contribution in [-0.2, 0) is 14.3 Å². The van der Waals surface area contributed by atoms with Gasteiger partial charge in [0.2, 0.25) is 5.91 Å². The molecule has 0 aromatic carbocycles. The first kappa shape index (κ1) is 30.4. The second-order valence-corrected chi connectivity index (χ2v) is 12.0. The average Bonchev–Trinajstić information content (AvgIpc) is 2.64. The Morgan fingerprint density at radius 2 is 1.39 bits per heavy atom. The third-order valence-electron chi connectivity index (χ3n) is 8.08. The Morgan fingerprint density at radius 1 is 0.903 bits per heavy atom. The van der Waals surface area contributed by atoms with E-state index in [1.54, 1.807) is 7.11 Å². The quantitative estimate of drug-likeness (QED) is 0.302. The highest BCUT2D eigenvalue weighted by atomic mass is 16.5. The maximum Gasteiger partial charge on any atom is 0.225 e. The molecule has 0 saturated carbocycles. The van der Waals surface area contributed by atoms with Crippen LogP contribution in [0.4, 0.5) is 0 Å². The van der Waals surface area contributed by atoms with E-state index in [4.69, 9.17) is 9.47 Å². The van der Waals surface area contributed by atoms with Gasteiger partial charge in [-0.3, -0.25) is 4.79 Å². The van der Waals surface area contributed by atoms with Gasteiger partial charge in [-0.15, -0.1) is 0 Å². The molecule has 31 heavy (non-hydrogen) atoms. The zero-order valence-corrected chi connectivity index (χ0v) is 23.2. The highest BCUT2D eigenvalue weighted by Crippen LogP contribution is 2.44. The van der Waals surface area contributed by atoms with Crippen LogP contribution in [0, 0.1) is 28.6 Å². The van der Waals surface area contributed by atoms with Gasteiger partial charge in [-0.25, -0.2) is 0 Å². The summed E-state index contributed by atoms with van der Waals surface area (Å²) in [6.07, 6.45) is 3.60. The number of carbonyl (C=O) groups excluding carboxylic acids is 1. The van der Waals surface area contributed by atoms with Crippen molar-refractivity contribution in [2.75, 3.05) is 20.3 Å². The second kappa shape index (κ2) is 12.0. The number of hydrogen-bond donors (Lipinski definition) is 1. The summed E-state index contributed by atoms with van der Waals surface area (Å²) in [4.78, 5) is 13.1. The van der Waals surface area contributed by atoms with Crippen molar-refractivity contribution in [3.8, 4) is 0 Å². The minimum atomic E-state index is -0.467. The molecule has 0 fully saturated rings. The van der Waals surface area contributed by atoms with Crippen LogP contribution >= 0.6 is 0 Å². The molecule has 0 aromatic rings. The van der Waals surface area contributed by atoms with Gasteiger partial charge >= 0.3 is 0 Å². The van der Waals surface area contributed by atoms with Crippen molar-refractivity contribution >= 4 is 5.91 Å². The first-order valence-corrected chi connectivity index (χ1v) is 12.5. The number of carbonyl (C=O) groups is 1. The second-order valence-electron chi connectivity index (χ2n) is 12.0. The third-order valence-corrected chi connectivity index (χ3v) is 8.08. The van der Waals surface area contributed by atoms with Crippen molar-refractivity contribution in [1.29, 1.82) is 0 Å². The fourth-order valence-electron chi connectivity index (χ4n) is 4.77. The van der Waals surface area contributed by atoms with Gasteiger partial charge in [0.15, 0.2) is 0 Å². The molecule has 1 amide bonds. The molecule has 0 aromatic heterocycles. The van der Waals surface area contributed by atoms with Crippen LogP contribution in [0.15, 0.2) is 0 Å². The Kier molecular flexibility index (Phi) is 11.8. The van der Waals surface area contributed by atoms with E-state index in [0.717, 1.165) is 32.2 Å². The van der Waals surface area contributed by atoms with E-state index in [1.165, 1.54) is 0 Å². The lowest BCUT2D eigenvalue weighted by Gasteiger charge is -2.46. The average molecular weight is 442 g/mol. The van der Waals surface area contributed by atoms with Crippen LogP contribution < -0.4 is 5.32 Å². The van der Waals surface area contributed by atoms with Crippen molar-refractivity contribution in [2.24, 2.45) is 28.6 Å². The number of ether oxygens (including phenoxy) is 2. The predicted molar refractivity (Wildman–Crippen MR) is 133 cm³/mol. The first-order valence-electron chi connectivity index (χ1n) is 12.5. The molecule has 0 atom stereocenters. The van der Waals surface area contributed by atoms with E-state index in [0.29, 0.717) is 24.4 Å². The van der Waals surface area contributed by atoms with Crippen molar-refractivity contribution < 1.29 is 14.3 Å². The van der Waals surface area contributed by atoms with Crippen molar-refractivity contribution in [1.82, 2.24) is 5.32 Å². The van der Waals surface area contributed by atoms with Gasteiger partial charge in [-0.05, 0) is 62.7 Å². The molecule has 0 aliphatic rings. The maximum atomic E-state index is 13.1. The zero-order valence-electron chi connectivity index (χ0n) is 23.2. The summed E-state index contributed by atoms with van der Waals surface area (Å²) in [5.74, 6) is 1.74. The summed E-state index contributed by atoms with van der Waals surface area (Å²) >= 11 is 0. The van der Waals surface area contributed by atoms with Crippen LogP contribution in [0.2, 0.25) is 0 Å². The highest BCUT2D eigenvalue weighted by Gasteiger charge is 2.44. The van der Waals surface area contributed by atoms with Crippen LogP contribution in [0.3, 0.4) is 0 Å². The van der Waals surface area contributed by atoms with Gasteiger partial charge in [0.1, 0.15) is 0 Å². The molecular weight excluding hydrogens is 386 g/mol. The van der Waals surface area contributed by atoms with Gasteiger partial charge in [0, 0.05) is 19.1 Å². The number of hydrogen-bond acceptors (Lipinski definition) is 3. The molecule has 0 radical (unpaired) electrons. The molecule has 1 N–H and O–H groups in total. The molecular formula is C27H55NO3. The Hall–Kier alpha value is -0.610. The summed E-state index contributed by atoms with van der Waals surface area (Å²) in [6.45, 7) is 27.6. The van der Waals surface area contributed by atoms with Crippen LogP contribution in [0.25, 0.3) is 0 Å². The van der Waals surface area contributed by atoms with Crippen molar-refractivity contribution in [2.45, 2.75) is 120 Å². The minimum Gasteiger partial charge on any atom is -0.378 e.